The normalized spacial score (nSPS) is 9.64. The van der Waals surface area contributed by atoms with E-state index in [0.29, 0.717) is 25.8 Å². The Labute approximate surface area is 80.6 Å². The summed E-state index contributed by atoms with van der Waals surface area (Å²) in [5.41, 5.74) is -0.694. The molecule has 0 spiro atoms. The first-order valence-electron chi connectivity index (χ1n) is 4.41. The van der Waals surface area contributed by atoms with Crippen LogP contribution in [0.2, 0.25) is 0 Å². The first-order valence-corrected chi connectivity index (χ1v) is 4.41. The predicted octanol–water partition coefficient (Wildman–Crippen LogP) is 0.230. The van der Waals surface area contributed by atoms with Crippen molar-refractivity contribution < 1.29 is 0 Å². The predicted molar refractivity (Wildman–Crippen MR) is 50.8 cm³/mol. The molecule has 1 aromatic rings. The Balaban J connectivity index is 2.64. The van der Waals surface area contributed by atoms with Gasteiger partial charge in [0.2, 0.25) is 0 Å². The van der Waals surface area contributed by atoms with Crippen LogP contribution in [0.5, 0.6) is 0 Å². The lowest BCUT2D eigenvalue weighted by Gasteiger charge is -2.01. The molecule has 0 fully saturated rings. The van der Waals surface area contributed by atoms with Crippen molar-refractivity contribution in [3.8, 4) is 6.07 Å². The molecule has 0 amide bonds. The zero-order chi connectivity index (χ0) is 10.4. The smallest absolute Gasteiger partial charge is 0.314 e. The topological polar surface area (TPSA) is 78.7 Å². The van der Waals surface area contributed by atoms with Crippen LogP contribution < -0.4 is 11.2 Å². The molecule has 0 saturated heterocycles. The van der Waals surface area contributed by atoms with E-state index in [1.165, 1.54) is 12.3 Å². The number of aromatic nitrogens is 2. The number of hydrogen-bond donors (Lipinski definition) is 1. The third-order valence-electron chi connectivity index (χ3n) is 1.86. The summed E-state index contributed by atoms with van der Waals surface area (Å²) in [7, 11) is 0. The van der Waals surface area contributed by atoms with Gasteiger partial charge in [-0.2, -0.15) is 5.26 Å². The van der Waals surface area contributed by atoms with Gasteiger partial charge in [-0.1, -0.05) is 0 Å². The van der Waals surface area contributed by atoms with Crippen LogP contribution in [-0.2, 0) is 6.54 Å². The van der Waals surface area contributed by atoms with Gasteiger partial charge in [-0.3, -0.25) is 9.36 Å². The lowest BCUT2D eigenvalue weighted by Crippen LogP contribution is -2.33. The number of unbranched alkanes of at least 4 members (excludes halogenated alkanes) is 2. The van der Waals surface area contributed by atoms with E-state index in [2.05, 4.69) is 4.98 Å². The molecule has 0 aliphatic carbocycles. The summed E-state index contributed by atoms with van der Waals surface area (Å²) in [6.07, 6.45) is 3.16. The molecule has 14 heavy (non-hydrogen) atoms. The summed E-state index contributed by atoms with van der Waals surface area (Å²) in [6, 6.07) is 3.32. The van der Waals surface area contributed by atoms with Crippen molar-refractivity contribution in [1.29, 1.82) is 5.26 Å². The molecule has 0 aliphatic heterocycles. The minimum atomic E-state index is -0.394. The fourth-order valence-electron chi connectivity index (χ4n) is 1.14. The molecule has 1 heterocycles. The van der Waals surface area contributed by atoms with E-state index in [0.717, 1.165) is 4.57 Å². The molecule has 5 nitrogen and oxygen atoms in total. The maximum Gasteiger partial charge on any atom is 0.328 e. The Bertz CT molecular complexity index is 410. The lowest BCUT2D eigenvalue weighted by molar-refractivity contribution is 0.572. The zero-order valence-electron chi connectivity index (χ0n) is 7.69. The molecule has 0 atom stereocenters. The molecule has 0 aliphatic rings. The number of hydrogen-bond acceptors (Lipinski definition) is 3. The summed E-state index contributed by atoms with van der Waals surface area (Å²) in [5.74, 6) is 0. The van der Waals surface area contributed by atoms with Crippen LogP contribution in [-0.4, -0.2) is 9.55 Å². The van der Waals surface area contributed by atoms with Gasteiger partial charge in [-0.15, -0.1) is 0 Å². The molecule has 5 heteroatoms. The van der Waals surface area contributed by atoms with Gasteiger partial charge in [0.1, 0.15) is 0 Å². The zero-order valence-corrected chi connectivity index (χ0v) is 7.69. The highest BCUT2D eigenvalue weighted by Crippen LogP contribution is 1.93. The van der Waals surface area contributed by atoms with Crippen LogP contribution in [0.3, 0.4) is 0 Å². The van der Waals surface area contributed by atoms with Crippen molar-refractivity contribution >= 4 is 0 Å². The fourth-order valence-corrected chi connectivity index (χ4v) is 1.14. The molecule has 74 valence electrons. The van der Waals surface area contributed by atoms with Crippen molar-refractivity contribution in [2.24, 2.45) is 0 Å². The van der Waals surface area contributed by atoms with Crippen molar-refractivity contribution in [2.75, 3.05) is 0 Å². The molecule has 0 radical (unpaired) electrons. The number of nitrogens with zero attached hydrogens (tertiary/aromatic N) is 2. The minimum absolute atomic E-state index is 0.300. The van der Waals surface area contributed by atoms with Crippen molar-refractivity contribution in [3.05, 3.63) is 33.1 Å². The van der Waals surface area contributed by atoms with Gasteiger partial charge in [-0.25, -0.2) is 4.79 Å². The Kier molecular flexibility index (Phi) is 3.68. The number of nitrogens with one attached hydrogen (secondary N) is 1. The van der Waals surface area contributed by atoms with Crippen molar-refractivity contribution in [3.63, 3.8) is 0 Å². The molecule has 0 unspecified atom stereocenters. The highest BCUT2D eigenvalue weighted by molar-refractivity contribution is 4.82. The minimum Gasteiger partial charge on any atom is -0.314 e. The van der Waals surface area contributed by atoms with E-state index in [9.17, 15) is 9.59 Å². The van der Waals surface area contributed by atoms with E-state index in [1.807, 2.05) is 6.07 Å². The highest BCUT2D eigenvalue weighted by Gasteiger charge is 1.98. The molecule has 1 N–H and O–H groups in total. The molecule has 1 aromatic heterocycles. The monoisotopic (exact) mass is 193 g/mol. The van der Waals surface area contributed by atoms with Gasteiger partial charge in [-0.05, 0) is 12.8 Å². The van der Waals surface area contributed by atoms with E-state index in [1.54, 1.807) is 0 Å². The lowest BCUT2D eigenvalue weighted by atomic mass is 10.2. The molecule has 0 aromatic carbocycles. The maximum atomic E-state index is 11.2. The second-order valence-corrected chi connectivity index (χ2v) is 2.89. The quantitative estimate of drug-likeness (QED) is 0.695. The van der Waals surface area contributed by atoms with Gasteiger partial charge in [0.05, 0.1) is 6.07 Å². The second kappa shape index (κ2) is 5.02. The van der Waals surface area contributed by atoms with Crippen molar-refractivity contribution in [2.45, 2.75) is 25.8 Å². The van der Waals surface area contributed by atoms with Crippen LogP contribution in [0.4, 0.5) is 0 Å². The van der Waals surface area contributed by atoms with Gasteiger partial charge < -0.3 is 4.98 Å². The van der Waals surface area contributed by atoms with E-state index in [4.69, 9.17) is 5.26 Å². The molecular formula is C9H11N3O2. The van der Waals surface area contributed by atoms with Gasteiger partial charge >= 0.3 is 5.69 Å². The number of rotatable bonds is 4. The largest absolute Gasteiger partial charge is 0.328 e. The summed E-state index contributed by atoms with van der Waals surface area (Å²) in [5, 5.41) is 8.29. The van der Waals surface area contributed by atoms with Crippen LogP contribution in [0.15, 0.2) is 21.9 Å². The Morgan fingerprint density at radius 3 is 2.86 bits per heavy atom. The number of aromatic amines is 1. The molecular weight excluding hydrogens is 182 g/mol. The summed E-state index contributed by atoms with van der Waals surface area (Å²) < 4.78 is 1.14. The fraction of sp³-hybridized carbons (Fsp3) is 0.444. The molecule has 0 bridgehead atoms. The van der Waals surface area contributed by atoms with Gasteiger partial charge in [0.15, 0.2) is 0 Å². The highest BCUT2D eigenvalue weighted by atomic mass is 16.2. The number of nitriles is 1. The van der Waals surface area contributed by atoms with Crippen LogP contribution >= 0.6 is 0 Å². The van der Waals surface area contributed by atoms with E-state index >= 15 is 0 Å². The maximum absolute atomic E-state index is 11.2. The third-order valence-corrected chi connectivity index (χ3v) is 1.86. The molecule has 1 rings (SSSR count). The van der Waals surface area contributed by atoms with Crippen LogP contribution in [0, 0.1) is 11.3 Å². The average Bonchev–Trinajstić information content (AvgIpc) is 2.16. The summed E-state index contributed by atoms with van der Waals surface area (Å²) in [4.78, 5) is 24.8. The first-order chi connectivity index (χ1) is 6.75. The van der Waals surface area contributed by atoms with E-state index < -0.39 is 5.69 Å². The van der Waals surface area contributed by atoms with E-state index in [-0.39, 0.29) is 5.56 Å². The standard InChI is InChI=1S/C9H11N3O2/c10-5-2-1-3-7-12-8(13)4-6-11-9(12)14/h4,6H,1-3,7H2,(H,11,14). The van der Waals surface area contributed by atoms with Gasteiger partial charge in [0.25, 0.3) is 5.56 Å². The Hall–Kier alpha value is -1.83. The van der Waals surface area contributed by atoms with Crippen LogP contribution in [0.1, 0.15) is 19.3 Å². The molecule has 0 saturated carbocycles. The Morgan fingerprint density at radius 1 is 1.43 bits per heavy atom. The van der Waals surface area contributed by atoms with Gasteiger partial charge in [0, 0.05) is 25.2 Å². The summed E-state index contributed by atoms with van der Waals surface area (Å²) in [6.45, 7) is 0.372. The van der Waals surface area contributed by atoms with Crippen molar-refractivity contribution in [1.82, 2.24) is 9.55 Å². The SMILES string of the molecule is N#CCCCCn1c(=O)cc[nH]c1=O. The third kappa shape index (κ3) is 2.59. The number of H-pyrrole nitrogens is 1. The second-order valence-electron chi connectivity index (χ2n) is 2.89. The summed E-state index contributed by atoms with van der Waals surface area (Å²) >= 11 is 0. The Morgan fingerprint density at radius 2 is 2.21 bits per heavy atom. The van der Waals surface area contributed by atoms with Crippen LogP contribution in [0.25, 0.3) is 0 Å². The average molecular weight is 193 g/mol. The first kappa shape index (κ1) is 10.3.